The predicted octanol–water partition coefficient (Wildman–Crippen LogP) is 2.90. The fraction of sp³-hybridized carbons (Fsp3) is 0.457. The minimum absolute atomic E-state index is 0.0615. The lowest BCUT2D eigenvalue weighted by Gasteiger charge is -2.44. The van der Waals surface area contributed by atoms with Crippen molar-refractivity contribution in [3.8, 4) is 11.5 Å². The molecule has 3 heterocycles. The van der Waals surface area contributed by atoms with Crippen molar-refractivity contribution in [1.29, 1.82) is 0 Å². The van der Waals surface area contributed by atoms with Gasteiger partial charge in [0.25, 0.3) is 26.1 Å². The quantitative estimate of drug-likeness (QED) is 0.0777. The number of amides is 1. The molecule has 0 atom stereocenters. The highest BCUT2D eigenvalue weighted by molar-refractivity contribution is 7.89. The molecule has 0 radical (unpaired) electrons. The van der Waals surface area contributed by atoms with Crippen LogP contribution in [0, 0.1) is 5.92 Å². The second-order valence-electron chi connectivity index (χ2n) is 19.0. The van der Waals surface area contributed by atoms with Crippen LogP contribution in [0.1, 0.15) is 99.8 Å². The van der Waals surface area contributed by atoms with E-state index in [4.69, 9.17) is 15.0 Å². The Morgan fingerprint density at radius 2 is 1.37 bits per heavy atom. The van der Waals surface area contributed by atoms with Crippen molar-refractivity contribution in [2.45, 2.75) is 78.3 Å². The van der Waals surface area contributed by atoms with Crippen molar-refractivity contribution < 1.29 is 57.1 Å². The first-order chi connectivity index (χ1) is 31.3. The smallest absolute Gasteiger partial charge is 0.269 e. The lowest BCUT2D eigenvalue weighted by atomic mass is 9.83. The molecular formula is C46H60N5O13S4+. The molecule has 3 aliphatic heterocycles. The summed E-state index contributed by atoms with van der Waals surface area (Å²) in [5.74, 6) is -2.29. The highest BCUT2D eigenvalue weighted by Crippen LogP contribution is 2.47. The third kappa shape index (κ3) is 12.3. The topological polar surface area (TPSA) is 282 Å². The molecule has 1 amide bonds. The van der Waals surface area contributed by atoms with E-state index in [1.807, 2.05) is 23.3 Å². The molecule has 3 aromatic carbocycles. The molecule has 0 fully saturated rings. The Kier molecular flexibility index (Phi) is 14.8. The molecule has 0 spiro atoms. The molecule has 22 heteroatoms. The highest BCUT2D eigenvalue weighted by Gasteiger charge is 2.39. The van der Waals surface area contributed by atoms with E-state index in [1.165, 1.54) is 4.90 Å². The summed E-state index contributed by atoms with van der Waals surface area (Å²) in [4.78, 5) is 30.4. The number of nitrogens with zero attached hydrogens (tertiary/aromatic N) is 3. The van der Waals surface area contributed by atoms with Gasteiger partial charge in [0.2, 0.25) is 25.4 Å². The van der Waals surface area contributed by atoms with E-state index in [0.29, 0.717) is 50.5 Å². The number of hydrogen-bond donors (Lipinski definition) is 4. The number of sulfonamides is 2. The molecule has 0 aliphatic carbocycles. The van der Waals surface area contributed by atoms with Crippen molar-refractivity contribution in [1.82, 2.24) is 9.48 Å². The SMILES string of the molecule is CC(C)C(=O)CCCN(C)C(=O)c1ccccc1C1=c2cc3c(cc2Oc2cc4c(cc21)C(CS(=O)(=O)O)=CC(C)(C)N4CCCS(N)(=O)=O)=[N+](CCCS(N)(=O)=O)C(C)(C)C=C3CS(=O)(=O)O. The van der Waals surface area contributed by atoms with Crippen molar-refractivity contribution in [3.05, 3.63) is 99.1 Å². The van der Waals surface area contributed by atoms with Crippen LogP contribution in [0.2, 0.25) is 0 Å². The van der Waals surface area contributed by atoms with Gasteiger partial charge in [-0.3, -0.25) is 18.7 Å². The van der Waals surface area contributed by atoms with Crippen LogP contribution in [-0.4, -0.2) is 120 Å². The standard InChI is InChI=1S/C46H59N5O13S4/c1-29(2)40(52)15-10-16-49(7)44(53)33-14-9-8-13-32(33)43-36-21-34-30(27-67(58,59)60)25-45(3,4)50(17-11-19-65(47,54)55)38(34)23-41(36)64-42-24-39-35(22-37(42)43)31(28-68(61,62)63)26-46(5,6)51(39)18-12-20-66(48,56)57/h8-9,13-14,21-26,29H,10-12,15-20,27-28H2,1-7H3,(H5-,47,48,54,55,56,57,58,59,60,61,62,63)/p+1. The van der Waals surface area contributed by atoms with E-state index in [0.717, 1.165) is 0 Å². The van der Waals surface area contributed by atoms with E-state index >= 15 is 0 Å². The monoisotopic (exact) mass is 1020 g/mol. The Balaban J connectivity index is 1.71. The van der Waals surface area contributed by atoms with E-state index < -0.39 is 62.9 Å². The number of rotatable bonds is 19. The van der Waals surface area contributed by atoms with Gasteiger partial charge in [0.15, 0.2) is 5.54 Å². The Labute approximate surface area is 398 Å². The van der Waals surface area contributed by atoms with Gasteiger partial charge in [0.1, 0.15) is 35.3 Å². The Hall–Kier alpha value is -4.81. The summed E-state index contributed by atoms with van der Waals surface area (Å²) in [5, 5.41) is 11.6. The first kappa shape index (κ1) is 52.6. The molecule has 0 aromatic heterocycles. The molecule has 68 heavy (non-hydrogen) atoms. The fourth-order valence-electron chi connectivity index (χ4n) is 9.27. The normalized spacial score (nSPS) is 16.5. The third-order valence-electron chi connectivity index (χ3n) is 12.3. The van der Waals surface area contributed by atoms with Gasteiger partial charge in [-0.1, -0.05) is 38.1 Å². The van der Waals surface area contributed by atoms with Crippen LogP contribution in [0.3, 0.4) is 0 Å². The minimum atomic E-state index is -4.63. The van der Waals surface area contributed by atoms with E-state index in [2.05, 4.69) is 0 Å². The third-order valence-corrected chi connectivity index (χ3v) is 15.4. The van der Waals surface area contributed by atoms with Crippen molar-refractivity contribution >= 4 is 74.4 Å². The van der Waals surface area contributed by atoms with Crippen LogP contribution >= 0.6 is 0 Å². The summed E-state index contributed by atoms with van der Waals surface area (Å²) >= 11 is 0. The number of ether oxygens (including phenoxy) is 1. The average Bonchev–Trinajstić information content (AvgIpc) is 3.18. The van der Waals surface area contributed by atoms with Gasteiger partial charge in [-0.2, -0.15) is 16.8 Å². The number of carbonyl (C=O) groups excluding carboxylic acids is 2. The second-order valence-corrected chi connectivity index (χ2v) is 25.4. The number of hydrogen-bond acceptors (Lipinski definition) is 12. The molecule has 370 valence electrons. The number of ketones is 1. The van der Waals surface area contributed by atoms with Gasteiger partial charge in [-0.15, -0.1) is 0 Å². The second kappa shape index (κ2) is 19.2. The van der Waals surface area contributed by atoms with E-state index in [1.54, 1.807) is 95.4 Å². The van der Waals surface area contributed by atoms with E-state index in [-0.39, 0.29) is 96.2 Å². The van der Waals surface area contributed by atoms with Crippen LogP contribution in [0.5, 0.6) is 11.5 Å². The van der Waals surface area contributed by atoms with Gasteiger partial charge in [0.05, 0.1) is 28.7 Å². The Morgan fingerprint density at radius 1 is 0.765 bits per heavy atom. The zero-order valence-electron chi connectivity index (χ0n) is 39.1. The minimum Gasteiger partial charge on any atom is -0.456 e. The zero-order chi connectivity index (χ0) is 50.5. The van der Waals surface area contributed by atoms with Crippen LogP contribution < -0.4 is 35.1 Å². The highest BCUT2D eigenvalue weighted by atomic mass is 32.2. The first-order valence-corrected chi connectivity index (χ1v) is 28.6. The van der Waals surface area contributed by atoms with Gasteiger partial charge >= 0.3 is 0 Å². The summed E-state index contributed by atoms with van der Waals surface area (Å²) < 4.78 is 128. The summed E-state index contributed by atoms with van der Waals surface area (Å²) in [5.41, 5.74) is 1.13. The van der Waals surface area contributed by atoms with Crippen LogP contribution in [0.25, 0.3) is 16.7 Å². The number of anilines is 1. The predicted molar refractivity (Wildman–Crippen MR) is 262 cm³/mol. The van der Waals surface area contributed by atoms with Gasteiger partial charge < -0.3 is 14.5 Å². The molecule has 0 saturated carbocycles. The number of benzene rings is 3. The number of carbonyl (C=O) groups is 2. The van der Waals surface area contributed by atoms with E-state index in [9.17, 15) is 52.4 Å². The lowest BCUT2D eigenvalue weighted by molar-refractivity contribution is -0.122. The zero-order valence-corrected chi connectivity index (χ0v) is 42.4. The summed E-state index contributed by atoms with van der Waals surface area (Å²) in [6, 6.07) is 13.5. The molecule has 0 bridgehead atoms. The van der Waals surface area contributed by atoms with Crippen LogP contribution in [0.4, 0.5) is 5.69 Å². The number of Topliss-reactive ketones (excluding diaryl/α,β-unsaturated/α-hetero) is 1. The molecule has 18 nitrogen and oxygen atoms in total. The largest absolute Gasteiger partial charge is 0.456 e. The summed E-state index contributed by atoms with van der Waals surface area (Å²) in [6.45, 7) is 11.4. The van der Waals surface area contributed by atoms with Crippen molar-refractivity contribution in [3.63, 3.8) is 0 Å². The molecule has 6 N–H and O–H groups in total. The summed E-state index contributed by atoms with van der Waals surface area (Å²) in [6.07, 6.45) is 4.23. The maximum Gasteiger partial charge on any atom is 0.269 e. The maximum atomic E-state index is 14.6. The molecular weight excluding hydrogens is 959 g/mol. The first-order valence-electron chi connectivity index (χ1n) is 22.0. The molecule has 0 saturated heterocycles. The Morgan fingerprint density at radius 3 is 1.97 bits per heavy atom. The van der Waals surface area contributed by atoms with Gasteiger partial charge in [0, 0.05) is 92.0 Å². The Bertz CT molecular complexity index is 3230. The molecule has 0 unspecified atom stereocenters. The summed E-state index contributed by atoms with van der Waals surface area (Å²) in [7, 11) is -15.3. The lowest BCUT2D eigenvalue weighted by Crippen LogP contribution is -2.50. The number of nitrogens with two attached hydrogens (primary N) is 2. The number of fused-ring (bicyclic) bond motifs is 4. The maximum absolute atomic E-state index is 14.6. The van der Waals surface area contributed by atoms with Gasteiger partial charge in [-0.25, -0.2) is 31.7 Å². The molecule has 3 aromatic rings. The fourth-order valence-corrected chi connectivity index (χ4v) is 11.6. The van der Waals surface area contributed by atoms with Crippen LogP contribution in [0.15, 0.2) is 60.7 Å². The van der Waals surface area contributed by atoms with Crippen molar-refractivity contribution in [2.75, 3.05) is 54.6 Å². The number of primary sulfonamides is 2. The van der Waals surface area contributed by atoms with Crippen molar-refractivity contribution in [2.24, 2.45) is 16.2 Å². The average molecular weight is 1020 g/mol. The van der Waals surface area contributed by atoms with Crippen LogP contribution in [-0.2, 0) is 45.1 Å². The van der Waals surface area contributed by atoms with Gasteiger partial charge in [-0.05, 0) is 67.7 Å². The molecule has 6 rings (SSSR count). The molecule has 3 aliphatic rings.